The number of hydrogen-bond acceptors (Lipinski definition) is 6. The number of nitrogens with zero attached hydrogens (tertiary/aromatic N) is 2. The summed E-state index contributed by atoms with van der Waals surface area (Å²) in [6, 6.07) is 0. The molecule has 6 heteroatoms. The van der Waals surface area contributed by atoms with Crippen molar-refractivity contribution in [2.75, 3.05) is 13.7 Å². The van der Waals surface area contributed by atoms with Crippen molar-refractivity contribution in [3.63, 3.8) is 0 Å². The van der Waals surface area contributed by atoms with E-state index in [9.17, 15) is 0 Å². The summed E-state index contributed by atoms with van der Waals surface area (Å²) >= 11 is 0. The van der Waals surface area contributed by atoms with Crippen LogP contribution < -0.4 is 10.5 Å². The fourth-order valence-corrected chi connectivity index (χ4v) is 1.42. The van der Waals surface area contributed by atoms with Crippen LogP contribution in [0.4, 0.5) is 0 Å². The van der Waals surface area contributed by atoms with Gasteiger partial charge in [-0.25, -0.2) is 0 Å². The Labute approximate surface area is 94.1 Å². The number of nitrogens with two attached hydrogens (primary N) is 1. The minimum absolute atomic E-state index is 0.121. The van der Waals surface area contributed by atoms with Crippen LogP contribution in [-0.4, -0.2) is 30.0 Å². The van der Waals surface area contributed by atoms with Crippen molar-refractivity contribution >= 4 is 0 Å². The molecule has 0 saturated heterocycles. The number of aromatic nitrogens is 2. The molecule has 6 nitrogen and oxygen atoms in total. The molecule has 0 aromatic carbocycles. The maximum atomic E-state index is 6.07. The molecule has 1 fully saturated rings. The predicted molar refractivity (Wildman–Crippen MR) is 56.0 cm³/mol. The van der Waals surface area contributed by atoms with E-state index in [1.165, 1.54) is 13.5 Å². The molecule has 0 spiro atoms. The van der Waals surface area contributed by atoms with Gasteiger partial charge in [-0.15, -0.1) is 0 Å². The third kappa shape index (κ3) is 2.33. The van der Waals surface area contributed by atoms with E-state index in [1.54, 1.807) is 0 Å². The molecule has 2 rings (SSSR count). The molecular formula is C10H17N3O3. The Kier molecular flexibility index (Phi) is 3.11. The second-order valence-electron chi connectivity index (χ2n) is 4.37. The Bertz CT molecular complexity index is 347. The molecule has 90 valence electrons. The van der Waals surface area contributed by atoms with Crippen LogP contribution in [0.15, 0.2) is 4.52 Å². The molecule has 0 aliphatic heterocycles. The lowest BCUT2D eigenvalue weighted by molar-refractivity contribution is -0.0222. The molecule has 0 bridgehead atoms. The second kappa shape index (κ2) is 4.39. The van der Waals surface area contributed by atoms with E-state index in [1.807, 2.05) is 6.92 Å². The van der Waals surface area contributed by atoms with Crippen LogP contribution in [0.25, 0.3) is 0 Å². The normalized spacial score (nSPS) is 20.2. The highest BCUT2D eigenvalue weighted by molar-refractivity contribution is 5.03. The van der Waals surface area contributed by atoms with Gasteiger partial charge in [0, 0.05) is 0 Å². The first-order valence-electron chi connectivity index (χ1n) is 5.40. The van der Waals surface area contributed by atoms with Gasteiger partial charge in [0.05, 0.1) is 19.8 Å². The van der Waals surface area contributed by atoms with Crippen LogP contribution in [-0.2, 0) is 10.3 Å². The van der Waals surface area contributed by atoms with Crippen LogP contribution in [0.3, 0.4) is 0 Å². The average Bonchev–Trinajstić information content (AvgIpc) is 2.63. The summed E-state index contributed by atoms with van der Waals surface area (Å²) in [7, 11) is 1.47. The maximum Gasteiger partial charge on any atom is 0.417 e. The van der Waals surface area contributed by atoms with Crippen LogP contribution in [0, 0.1) is 0 Å². The van der Waals surface area contributed by atoms with Gasteiger partial charge in [-0.3, -0.25) is 4.52 Å². The molecule has 1 atom stereocenters. The van der Waals surface area contributed by atoms with Gasteiger partial charge in [-0.05, 0) is 26.2 Å². The third-order valence-corrected chi connectivity index (χ3v) is 2.76. The standard InChI is InChI=1S/C10H17N3O3/c1-10(11,6-15-7-4-3-5-7)8-12-9(14-2)16-13-8/h7H,3-6,11H2,1-2H3. The summed E-state index contributed by atoms with van der Waals surface area (Å²) in [5, 5.41) is 3.76. The molecule has 0 radical (unpaired) electrons. The number of ether oxygens (including phenoxy) is 2. The van der Waals surface area contributed by atoms with Crippen LogP contribution in [0.5, 0.6) is 6.08 Å². The Hall–Kier alpha value is -1.14. The van der Waals surface area contributed by atoms with Gasteiger partial charge in [0.2, 0.25) is 0 Å². The zero-order valence-corrected chi connectivity index (χ0v) is 9.60. The van der Waals surface area contributed by atoms with Crippen molar-refractivity contribution in [1.29, 1.82) is 0 Å². The van der Waals surface area contributed by atoms with Gasteiger partial charge in [-0.1, -0.05) is 5.16 Å². The molecule has 1 aliphatic rings. The van der Waals surface area contributed by atoms with Gasteiger partial charge < -0.3 is 15.2 Å². The van der Waals surface area contributed by atoms with Gasteiger partial charge in [0.15, 0.2) is 5.82 Å². The van der Waals surface area contributed by atoms with Crippen LogP contribution in [0.2, 0.25) is 0 Å². The SMILES string of the molecule is COc1nc(C(C)(N)COC2CCC2)no1. The molecule has 1 aromatic rings. The first-order chi connectivity index (χ1) is 7.62. The molecular weight excluding hydrogens is 210 g/mol. The molecule has 2 N–H and O–H groups in total. The van der Waals surface area contributed by atoms with Gasteiger partial charge in [0.1, 0.15) is 5.54 Å². The van der Waals surface area contributed by atoms with Crippen molar-refractivity contribution in [2.45, 2.75) is 37.8 Å². The summed E-state index contributed by atoms with van der Waals surface area (Å²) in [4.78, 5) is 4.02. The van der Waals surface area contributed by atoms with Crippen molar-refractivity contribution in [2.24, 2.45) is 5.73 Å². The molecule has 1 aliphatic carbocycles. The molecule has 1 heterocycles. The van der Waals surface area contributed by atoms with E-state index in [-0.39, 0.29) is 6.08 Å². The number of hydrogen-bond donors (Lipinski definition) is 1. The van der Waals surface area contributed by atoms with Crippen molar-refractivity contribution in [3.05, 3.63) is 5.82 Å². The highest BCUT2D eigenvalue weighted by Gasteiger charge is 2.30. The Morgan fingerprint density at radius 2 is 2.31 bits per heavy atom. The minimum atomic E-state index is -0.740. The van der Waals surface area contributed by atoms with Crippen molar-refractivity contribution in [1.82, 2.24) is 10.1 Å². The second-order valence-corrected chi connectivity index (χ2v) is 4.37. The highest BCUT2D eigenvalue weighted by atomic mass is 16.6. The fraction of sp³-hybridized carbons (Fsp3) is 0.800. The number of methoxy groups -OCH3 is 1. The van der Waals surface area contributed by atoms with E-state index in [2.05, 4.69) is 10.1 Å². The lowest BCUT2D eigenvalue weighted by atomic mass is 9.95. The Balaban J connectivity index is 1.93. The lowest BCUT2D eigenvalue weighted by Crippen LogP contribution is -2.41. The minimum Gasteiger partial charge on any atom is -0.452 e. The van der Waals surface area contributed by atoms with Gasteiger partial charge in [0.25, 0.3) is 0 Å². The van der Waals surface area contributed by atoms with E-state index >= 15 is 0 Å². The summed E-state index contributed by atoms with van der Waals surface area (Å²) in [6.45, 7) is 2.20. The van der Waals surface area contributed by atoms with Crippen LogP contribution >= 0.6 is 0 Å². The zero-order chi connectivity index (χ0) is 11.6. The summed E-state index contributed by atoms with van der Waals surface area (Å²) in [5.41, 5.74) is 5.33. The maximum absolute atomic E-state index is 6.07. The summed E-state index contributed by atoms with van der Waals surface area (Å²) in [5.74, 6) is 0.406. The van der Waals surface area contributed by atoms with E-state index in [0.29, 0.717) is 18.5 Å². The Morgan fingerprint density at radius 1 is 1.56 bits per heavy atom. The topological polar surface area (TPSA) is 83.4 Å². The van der Waals surface area contributed by atoms with E-state index < -0.39 is 5.54 Å². The smallest absolute Gasteiger partial charge is 0.417 e. The van der Waals surface area contributed by atoms with E-state index in [0.717, 1.165) is 12.8 Å². The predicted octanol–water partition coefficient (Wildman–Crippen LogP) is 0.821. The molecule has 1 unspecified atom stereocenters. The lowest BCUT2D eigenvalue weighted by Gasteiger charge is -2.29. The Morgan fingerprint density at radius 3 is 2.81 bits per heavy atom. The van der Waals surface area contributed by atoms with Crippen LogP contribution in [0.1, 0.15) is 32.0 Å². The molecule has 1 saturated carbocycles. The third-order valence-electron chi connectivity index (χ3n) is 2.76. The largest absolute Gasteiger partial charge is 0.452 e. The number of rotatable bonds is 5. The first kappa shape index (κ1) is 11.3. The average molecular weight is 227 g/mol. The molecule has 0 amide bonds. The summed E-state index contributed by atoms with van der Waals surface area (Å²) < 4.78 is 15.3. The van der Waals surface area contributed by atoms with Gasteiger partial charge in [-0.2, -0.15) is 4.98 Å². The zero-order valence-electron chi connectivity index (χ0n) is 9.60. The quantitative estimate of drug-likeness (QED) is 0.801. The first-order valence-corrected chi connectivity index (χ1v) is 5.40. The molecule has 1 aromatic heterocycles. The van der Waals surface area contributed by atoms with Gasteiger partial charge >= 0.3 is 6.08 Å². The van der Waals surface area contributed by atoms with Crippen molar-refractivity contribution < 1.29 is 14.0 Å². The monoisotopic (exact) mass is 227 g/mol. The highest BCUT2D eigenvalue weighted by Crippen LogP contribution is 2.25. The van der Waals surface area contributed by atoms with Crippen molar-refractivity contribution in [3.8, 4) is 6.08 Å². The summed E-state index contributed by atoms with van der Waals surface area (Å²) in [6.07, 6.45) is 3.94. The fourth-order valence-electron chi connectivity index (χ4n) is 1.42. The van der Waals surface area contributed by atoms with E-state index in [4.69, 9.17) is 19.7 Å². The molecule has 16 heavy (non-hydrogen) atoms.